The van der Waals surface area contributed by atoms with Gasteiger partial charge in [0.2, 0.25) is 5.91 Å². The molecule has 0 spiro atoms. The molecule has 1 aromatic heterocycles. The summed E-state index contributed by atoms with van der Waals surface area (Å²) >= 11 is 0. The average molecular weight is 448 g/mol. The zero-order valence-corrected chi connectivity index (χ0v) is 18.3. The molecule has 1 aromatic carbocycles. The van der Waals surface area contributed by atoms with E-state index >= 15 is 0 Å². The number of aliphatic imine (C=N–C) groups is 1. The van der Waals surface area contributed by atoms with E-state index in [9.17, 15) is 18.0 Å². The highest BCUT2D eigenvalue weighted by Crippen LogP contribution is 2.37. The molecule has 9 heteroatoms. The lowest BCUT2D eigenvalue weighted by atomic mass is 9.91. The van der Waals surface area contributed by atoms with E-state index in [1.807, 2.05) is 25.2 Å². The van der Waals surface area contributed by atoms with Gasteiger partial charge >= 0.3 is 6.18 Å². The molecule has 1 amide bonds. The van der Waals surface area contributed by atoms with Gasteiger partial charge in [0.15, 0.2) is 0 Å². The zero-order chi connectivity index (χ0) is 22.9. The fraction of sp³-hybridized carbons (Fsp3) is 0.522. The molecular weight excluding hydrogens is 419 g/mol. The summed E-state index contributed by atoms with van der Waals surface area (Å²) in [5.41, 5.74) is 2.20. The van der Waals surface area contributed by atoms with Gasteiger partial charge in [-0.05, 0) is 43.7 Å². The zero-order valence-electron chi connectivity index (χ0n) is 18.3. The molecule has 2 aliphatic rings. The molecule has 4 rings (SSSR count). The topological polar surface area (TPSA) is 60.8 Å². The van der Waals surface area contributed by atoms with Crippen LogP contribution >= 0.6 is 0 Å². The first-order valence-corrected chi connectivity index (χ1v) is 10.8. The van der Waals surface area contributed by atoms with Crippen molar-refractivity contribution in [2.24, 2.45) is 16.8 Å². The largest absolute Gasteiger partial charge is 0.393 e. The number of carbonyl (C=O) groups excluding carboxylic acids is 1. The minimum atomic E-state index is -4.33. The monoisotopic (exact) mass is 447 g/mol. The molecule has 2 aromatic rings. The summed E-state index contributed by atoms with van der Waals surface area (Å²) in [6.45, 7) is 1.88. The number of amides is 1. The van der Waals surface area contributed by atoms with Gasteiger partial charge in [-0.2, -0.15) is 13.2 Å². The van der Waals surface area contributed by atoms with Gasteiger partial charge in [-0.1, -0.05) is 0 Å². The Kier molecular flexibility index (Phi) is 6.37. The van der Waals surface area contributed by atoms with Gasteiger partial charge in [0.25, 0.3) is 0 Å². The van der Waals surface area contributed by atoms with Gasteiger partial charge in [-0.15, -0.1) is 0 Å². The van der Waals surface area contributed by atoms with Crippen LogP contribution in [0.4, 0.5) is 18.9 Å². The van der Waals surface area contributed by atoms with Gasteiger partial charge in [0.1, 0.15) is 0 Å². The number of anilines is 1. The van der Waals surface area contributed by atoms with Gasteiger partial charge in [0.05, 0.1) is 11.4 Å². The Labute approximate surface area is 185 Å². The predicted molar refractivity (Wildman–Crippen MR) is 119 cm³/mol. The SMILES string of the molecule is C/N=C\c1ccc(N2CC(NC(=O)CC3CN(C)C3)CC(C(F)(F)F)C2)c2cccnc12. The number of nitrogens with zero attached hydrogens (tertiary/aromatic N) is 4. The molecule has 0 aliphatic carbocycles. The van der Waals surface area contributed by atoms with E-state index in [-0.39, 0.29) is 24.8 Å². The number of hydrogen-bond donors (Lipinski definition) is 1. The Hall–Kier alpha value is -2.68. The van der Waals surface area contributed by atoms with E-state index < -0.39 is 18.1 Å². The highest BCUT2D eigenvalue weighted by Gasteiger charge is 2.45. The number of likely N-dealkylation sites (tertiary alicyclic amines) is 1. The van der Waals surface area contributed by atoms with Crippen molar-refractivity contribution in [3.8, 4) is 0 Å². The molecule has 2 atom stereocenters. The maximum absolute atomic E-state index is 13.8. The summed E-state index contributed by atoms with van der Waals surface area (Å²) in [4.78, 5) is 24.8. The Balaban J connectivity index is 1.58. The third kappa shape index (κ3) is 4.87. The van der Waals surface area contributed by atoms with Crippen LogP contribution in [0.3, 0.4) is 0 Å². The highest BCUT2D eigenvalue weighted by molar-refractivity contribution is 6.03. The number of rotatable bonds is 5. The van der Waals surface area contributed by atoms with E-state index in [1.165, 1.54) is 0 Å². The first kappa shape index (κ1) is 22.5. The normalized spacial score (nSPS) is 23.0. The average Bonchev–Trinajstić information content (AvgIpc) is 2.72. The Bertz CT molecular complexity index is 1000. The molecular formula is C23H28F3N5O. The second kappa shape index (κ2) is 9.05. The molecule has 2 aliphatic heterocycles. The van der Waals surface area contributed by atoms with Crippen LogP contribution in [0.1, 0.15) is 18.4 Å². The van der Waals surface area contributed by atoms with E-state index in [0.717, 1.165) is 24.0 Å². The molecule has 0 bridgehead atoms. The van der Waals surface area contributed by atoms with Crippen molar-refractivity contribution < 1.29 is 18.0 Å². The molecule has 172 valence electrons. The number of fused-ring (bicyclic) bond motifs is 1. The number of halogens is 3. The summed E-state index contributed by atoms with van der Waals surface area (Å²) in [6.07, 6.45) is -0.729. The molecule has 0 radical (unpaired) electrons. The summed E-state index contributed by atoms with van der Waals surface area (Å²) in [5, 5.41) is 3.65. The first-order valence-electron chi connectivity index (χ1n) is 10.8. The van der Waals surface area contributed by atoms with Gasteiger partial charge in [0, 0.05) is 74.7 Å². The second-order valence-electron chi connectivity index (χ2n) is 8.90. The summed E-state index contributed by atoms with van der Waals surface area (Å²) in [6, 6.07) is 6.73. The van der Waals surface area contributed by atoms with Gasteiger partial charge in [-0.3, -0.25) is 14.8 Å². The molecule has 32 heavy (non-hydrogen) atoms. The van der Waals surface area contributed by atoms with Gasteiger partial charge < -0.3 is 15.1 Å². The smallest absolute Gasteiger partial charge is 0.368 e. The van der Waals surface area contributed by atoms with Crippen LogP contribution in [-0.2, 0) is 4.79 Å². The van der Waals surface area contributed by atoms with Crippen LogP contribution in [0.15, 0.2) is 35.5 Å². The predicted octanol–water partition coefficient (Wildman–Crippen LogP) is 3.11. The molecule has 2 saturated heterocycles. The van der Waals surface area contributed by atoms with E-state index in [0.29, 0.717) is 24.2 Å². The third-order valence-electron chi connectivity index (χ3n) is 6.28. The first-order chi connectivity index (χ1) is 15.2. The number of piperidine rings is 1. The number of alkyl halides is 3. The minimum absolute atomic E-state index is 0.104. The lowest BCUT2D eigenvalue weighted by Crippen LogP contribution is -2.54. The molecule has 2 fully saturated rings. The van der Waals surface area contributed by atoms with Crippen molar-refractivity contribution in [3.63, 3.8) is 0 Å². The molecule has 3 heterocycles. The maximum Gasteiger partial charge on any atom is 0.393 e. The fourth-order valence-corrected chi connectivity index (χ4v) is 4.84. The van der Waals surface area contributed by atoms with Crippen molar-refractivity contribution in [3.05, 3.63) is 36.0 Å². The Morgan fingerprint density at radius 1 is 1.25 bits per heavy atom. The van der Waals surface area contributed by atoms with Crippen LogP contribution in [0.5, 0.6) is 0 Å². The summed E-state index contributed by atoms with van der Waals surface area (Å²) in [5.74, 6) is -1.40. The second-order valence-corrected chi connectivity index (χ2v) is 8.90. The number of aromatic nitrogens is 1. The molecule has 1 N–H and O–H groups in total. The third-order valence-corrected chi connectivity index (χ3v) is 6.28. The van der Waals surface area contributed by atoms with E-state index in [1.54, 1.807) is 30.4 Å². The Morgan fingerprint density at radius 2 is 2.03 bits per heavy atom. The molecule has 0 saturated carbocycles. The molecule has 6 nitrogen and oxygen atoms in total. The number of carbonyl (C=O) groups is 1. The van der Waals surface area contributed by atoms with Crippen molar-refractivity contribution in [2.75, 3.05) is 45.2 Å². The van der Waals surface area contributed by atoms with Crippen molar-refractivity contribution in [1.82, 2.24) is 15.2 Å². The summed E-state index contributed by atoms with van der Waals surface area (Å²) in [7, 11) is 3.65. The van der Waals surface area contributed by atoms with E-state index in [4.69, 9.17) is 0 Å². The van der Waals surface area contributed by atoms with Crippen LogP contribution < -0.4 is 10.2 Å². The van der Waals surface area contributed by atoms with Crippen molar-refractivity contribution >= 4 is 28.7 Å². The number of hydrogen-bond acceptors (Lipinski definition) is 5. The van der Waals surface area contributed by atoms with Crippen LogP contribution in [0.25, 0.3) is 10.9 Å². The quantitative estimate of drug-likeness (QED) is 0.716. The maximum atomic E-state index is 13.8. The molecule has 2 unspecified atom stereocenters. The lowest BCUT2D eigenvalue weighted by Gasteiger charge is -2.41. The summed E-state index contributed by atoms with van der Waals surface area (Å²) < 4.78 is 41.3. The number of nitrogens with one attached hydrogen (secondary N) is 1. The standard InChI is InChI=1S/C23H28F3N5O/c1-27-10-16-5-6-20(19-4-3-7-28-22(16)19)31-13-17(23(24,25)26)9-18(14-31)29-21(32)8-15-11-30(2)12-15/h3-7,10,15,17-18H,8-9,11-14H2,1-2H3,(H,29,32)/b27-10-. The van der Waals surface area contributed by atoms with E-state index in [2.05, 4.69) is 20.2 Å². The van der Waals surface area contributed by atoms with Crippen molar-refractivity contribution in [2.45, 2.75) is 25.1 Å². The highest BCUT2D eigenvalue weighted by atomic mass is 19.4. The van der Waals surface area contributed by atoms with Crippen molar-refractivity contribution in [1.29, 1.82) is 0 Å². The van der Waals surface area contributed by atoms with Crippen LogP contribution in [0, 0.1) is 11.8 Å². The number of pyridine rings is 1. The lowest BCUT2D eigenvalue weighted by molar-refractivity contribution is -0.178. The minimum Gasteiger partial charge on any atom is -0.368 e. The number of benzene rings is 1. The van der Waals surface area contributed by atoms with Crippen LogP contribution in [0.2, 0.25) is 0 Å². The Morgan fingerprint density at radius 3 is 2.72 bits per heavy atom. The van der Waals surface area contributed by atoms with Crippen LogP contribution in [-0.4, -0.2) is 74.5 Å². The fourth-order valence-electron chi connectivity index (χ4n) is 4.84. The van der Waals surface area contributed by atoms with Gasteiger partial charge in [-0.25, -0.2) is 0 Å².